The van der Waals surface area contributed by atoms with Crippen molar-refractivity contribution >= 4 is 23.2 Å². The number of carbonyl (C=O) groups excluding carboxylic acids is 2. The molecule has 28 heavy (non-hydrogen) atoms. The minimum absolute atomic E-state index is 0.171. The predicted octanol–water partition coefficient (Wildman–Crippen LogP) is 2.82. The summed E-state index contributed by atoms with van der Waals surface area (Å²) in [6, 6.07) is 17.5. The number of amides is 2. The SMILES string of the molecule is CC(=O)Nc1ccc(NC(=O)Cn2nc(-c3ccc(C)cc3)ccc2=O)cc1. The van der Waals surface area contributed by atoms with Gasteiger partial charge in [-0.05, 0) is 37.3 Å². The van der Waals surface area contributed by atoms with E-state index >= 15 is 0 Å². The van der Waals surface area contributed by atoms with Crippen molar-refractivity contribution in [3.05, 3.63) is 76.6 Å². The van der Waals surface area contributed by atoms with Crippen LogP contribution in [0.1, 0.15) is 12.5 Å². The molecule has 0 saturated heterocycles. The molecule has 2 N–H and O–H groups in total. The van der Waals surface area contributed by atoms with Gasteiger partial charge in [-0.2, -0.15) is 5.10 Å². The minimum Gasteiger partial charge on any atom is -0.326 e. The van der Waals surface area contributed by atoms with Gasteiger partial charge in [0.2, 0.25) is 11.8 Å². The first-order chi connectivity index (χ1) is 13.4. The highest BCUT2D eigenvalue weighted by atomic mass is 16.2. The molecule has 3 rings (SSSR count). The molecule has 1 aromatic heterocycles. The first kappa shape index (κ1) is 19.0. The van der Waals surface area contributed by atoms with Crippen LogP contribution in [0.15, 0.2) is 65.5 Å². The molecular formula is C21H20N4O3. The second-order valence-electron chi connectivity index (χ2n) is 6.39. The fraction of sp³-hybridized carbons (Fsp3) is 0.143. The van der Waals surface area contributed by atoms with Crippen molar-refractivity contribution in [3.8, 4) is 11.3 Å². The molecule has 0 saturated carbocycles. The minimum atomic E-state index is -0.372. The average Bonchev–Trinajstić information content (AvgIpc) is 2.65. The molecule has 0 aliphatic rings. The summed E-state index contributed by atoms with van der Waals surface area (Å²) in [5, 5.41) is 9.66. The lowest BCUT2D eigenvalue weighted by atomic mass is 10.1. The fourth-order valence-electron chi connectivity index (χ4n) is 2.62. The van der Waals surface area contributed by atoms with E-state index in [1.165, 1.54) is 13.0 Å². The molecule has 0 aliphatic carbocycles. The van der Waals surface area contributed by atoms with Crippen molar-refractivity contribution < 1.29 is 9.59 Å². The van der Waals surface area contributed by atoms with E-state index in [0.717, 1.165) is 15.8 Å². The third-order valence-corrected chi connectivity index (χ3v) is 4.00. The molecule has 0 spiro atoms. The Hall–Kier alpha value is -3.74. The maximum atomic E-state index is 12.3. The van der Waals surface area contributed by atoms with Gasteiger partial charge in [0.05, 0.1) is 5.69 Å². The van der Waals surface area contributed by atoms with E-state index in [2.05, 4.69) is 15.7 Å². The van der Waals surface area contributed by atoms with Crippen molar-refractivity contribution in [2.75, 3.05) is 10.6 Å². The van der Waals surface area contributed by atoms with E-state index in [1.54, 1.807) is 30.3 Å². The third kappa shape index (κ3) is 4.91. The van der Waals surface area contributed by atoms with E-state index in [4.69, 9.17) is 0 Å². The van der Waals surface area contributed by atoms with E-state index < -0.39 is 0 Å². The summed E-state index contributed by atoms with van der Waals surface area (Å²) in [6.07, 6.45) is 0. The molecule has 3 aromatic rings. The average molecular weight is 376 g/mol. The van der Waals surface area contributed by atoms with Crippen LogP contribution in [0.5, 0.6) is 0 Å². The van der Waals surface area contributed by atoms with Crippen LogP contribution in [0.4, 0.5) is 11.4 Å². The Bertz CT molecular complexity index is 1050. The Kier molecular flexibility index (Phi) is 5.64. The van der Waals surface area contributed by atoms with Gasteiger partial charge in [-0.1, -0.05) is 29.8 Å². The maximum absolute atomic E-state index is 12.3. The number of carbonyl (C=O) groups is 2. The monoisotopic (exact) mass is 376 g/mol. The number of anilines is 2. The van der Waals surface area contributed by atoms with Crippen LogP contribution < -0.4 is 16.2 Å². The number of benzene rings is 2. The molecule has 0 atom stereocenters. The van der Waals surface area contributed by atoms with E-state index in [0.29, 0.717) is 17.1 Å². The molecule has 0 fully saturated rings. The van der Waals surface area contributed by atoms with E-state index in [1.807, 2.05) is 31.2 Å². The van der Waals surface area contributed by atoms with Crippen molar-refractivity contribution in [1.82, 2.24) is 9.78 Å². The Morgan fingerprint density at radius 3 is 2.11 bits per heavy atom. The summed E-state index contributed by atoms with van der Waals surface area (Å²) in [5.74, 6) is -0.543. The molecule has 0 radical (unpaired) electrons. The van der Waals surface area contributed by atoms with Gasteiger partial charge < -0.3 is 10.6 Å². The maximum Gasteiger partial charge on any atom is 0.267 e. The standard InChI is InChI=1S/C21H20N4O3/c1-14-3-5-16(6-4-14)19-11-12-21(28)25(24-19)13-20(27)23-18-9-7-17(8-10-18)22-15(2)26/h3-12H,13H2,1-2H3,(H,22,26)(H,23,27). The van der Waals surface area contributed by atoms with Crippen molar-refractivity contribution in [3.63, 3.8) is 0 Å². The zero-order chi connectivity index (χ0) is 20.1. The largest absolute Gasteiger partial charge is 0.326 e. The molecule has 7 heteroatoms. The van der Waals surface area contributed by atoms with Crippen LogP contribution in [0.25, 0.3) is 11.3 Å². The van der Waals surface area contributed by atoms with Crippen LogP contribution in [0.2, 0.25) is 0 Å². The Morgan fingerprint density at radius 2 is 1.50 bits per heavy atom. The highest BCUT2D eigenvalue weighted by Gasteiger charge is 2.09. The third-order valence-electron chi connectivity index (χ3n) is 4.00. The van der Waals surface area contributed by atoms with Gasteiger partial charge in [0.25, 0.3) is 5.56 Å². The molecular weight excluding hydrogens is 356 g/mol. The highest BCUT2D eigenvalue weighted by molar-refractivity contribution is 5.92. The first-order valence-electron chi connectivity index (χ1n) is 8.73. The number of nitrogens with zero attached hydrogens (tertiary/aromatic N) is 2. The number of nitrogens with one attached hydrogen (secondary N) is 2. The van der Waals surface area contributed by atoms with Gasteiger partial charge in [0, 0.05) is 29.9 Å². The normalized spacial score (nSPS) is 10.4. The van der Waals surface area contributed by atoms with Crippen molar-refractivity contribution in [1.29, 1.82) is 0 Å². The quantitative estimate of drug-likeness (QED) is 0.716. The summed E-state index contributed by atoms with van der Waals surface area (Å²) in [4.78, 5) is 35.4. The van der Waals surface area contributed by atoms with Gasteiger partial charge in [-0.25, -0.2) is 4.68 Å². The molecule has 7 nitrogen and oxygen atoms in total. The summed E-state index contributed by atoms with van der Waals surface area (Å²) in [5.41, 5.74) is 3.45. The highest BCUT2D eigenvalue weighted by Crippen LogP contribution is 2.16. The Labute approximate surface area is 162 Å². The van der Waals surface area contributed by atoms with Gasteiger partial charge in [-0.15, -0.1) is 0 Å². The molecule has 142 valence electrons. The van der Waals surface area contributed by atoms with E-state index in [-0.39, 0.29) is 23.9 Å². The Morgan fingerprint density at radius 1 is 0.893 bits per heavy atom. The summed E-state index contributed by atoms with van der Waals surface area (Å²) in [6.45, 7) is 3.21. The Balaban J connectivity index is 1.71. The number of aromatic nitrogens is 2. The number of hydrogen-bond acceptors (Lipinski definition) is 4. The zero-order valence-electron chi connectivity index (χ0n) is 15.6. The van der Waals surface area contributed by atoms with Crippen LogP contribution in [-0.2, 0) is 16.1 Å². The van der Waals surface area contributed by atoms with Crippen LogP contribution in [0.3, 0.4) is 0 Å². The summed E-state index contributed by atoms with van der Waals surface area (Å²) < 4.78 is 1.14. The van der Waals surface area contributed by atoms with Gasteiger partial charge >= 0.3 is 0 Å². The lowest BCUT2D eigenvalue weighted by molar-refractivity contribution is -0.117. The van der Waals surface area contributed by atoms with Crippen LogP contribution in [-0.4, -0.2) is 21.6 Å². The lowest BCUT2D eigenvalue weighted by Crippen LogP contribution is -2.29. The zero-order valence-corrected chi connectivity index (χ0v) is 15.6. The number of aryl methyl sites for hydroxylation is 1. The van der Waals surface area contributed by atoms with Gasteiger partial charge in [-0.3, -0.25) is 14.4 Å². The summed E-state index contributed by atoms with van der Waals surface area (Å²) in [7, 11) is 0. The lowest BCUT2D eigenvalue weighted by Gasteiger charge is -2.09. The molecule has 2 amide bonds. The van der Waals surface area contributed by atoms with Crippen LogP contribution >= 0.6 is 0 Å². The van der Waals surface area contributed by atoms with Crippen molar-refractivity contribution in [2.45, 2.75) is 20.4 Å². The predicted molar refractivity (Wildman–Crippen MR) is 108 cm³/mol. The smallest absolute Gasteiger partial charge is 0.267 e. The second kappa shape index (κ2) is 8.30. The second-order valence-corrected chi connectivity index (χ2v) is 6.39. The molecule has 1 heterocycles. The van der Waals surface area contributed by atoms with Crippen molar-refractivity contribution in [2.24, 2.45) is 0 Å². The number of hydrogen-bond donors (Lipinski definition) is 2. The first-order valence-corrected chi connectivity index (χ1v) is 8.73. The van der Waals surface area contributed by atoms with Crippen LogP contribution in [0, 0.1) is 6.92 Å². The topological polar surface area (TPSA) is 93.1 Å². The van der Waals surface area contributed by atoms with Gasteiger partial charge in [0.1, 0.15) is 6.54 Å². The van der Waals surface area contributed by atoms with Gasteiger partial charge in [0.15, 0.2) is 0 Å². The molecule has 0 bridgehead atoms. The molecule has 0 unspecified atom stereocenters. The molecule has 0 aliphatic heterocycles. The molecule has 2 aromatic carbocycles. The van der Waals surface area contributed by atoms with E-state index in [9.17, 15) is 14.4 Å². The number of rotatable bonds is 5. The fourth-order valence-corrected chi connectivity index (χ4v) is 2.62. The summed E-state index contributed by atoms with van der Waals surface area (Å²) >= 11 is 0.